The molecule has 0 amide bonds. The minimum Gasteiger partial charge on any atom is -0.508 e. The molecule has 106 valence electrons. The van der Waals surface area contributed by atoms with E-state index in [1.54, 1.807) is 24.3 Å². The Bertz CT molecular complexity index is 397. The van der Waals surface area contributed by atoms with E-state index in [0.717, 1.165) is 5.69 Å². The van der Waals surface area contributed by atoms with Crippen molar-refractivity contribution in [3.05, 3.63) is 24.3 Å². The number of aromatic hydroxyl groups is 1. The zero-order valence-corrected chi connectivity index (χ0v) is 10.5. The SMILES string of the molecule is Oc1ccc(NC2CCN(CC(F)(F)F)CC2)cc1. The molecule has 0 aromatic heterocycles. The number of hydrogen-bond acceptors (Lipinski definition) is 3. The van der Waals surface area contributed by atoms with Crippen molar-refractivity contribution in [3.8, 4) is 5.75 Å². The number of piperidine rings is 1. The van der Waals surface area contributed by atoms with Gasteiger partial charge in [0.25, 0.3) is 0 Å². The number of benzene rings is 1. The van der Waals surface area contributed by atoms with Crippen LogP contribution in [0.2, 0.25) is 0 Å². The van der Waals surface area contributed by atoms with Crippen molar-refractivity contribution in [1.82, 2.24) is 4.90 Å². The van der Waals surface area contributed by atoms with E-state index in [2.05, 4.69) is 5.32 Å². The van der Waals surface area contributed by atoms with Crippen LogP contribution in [0.3, 0.4) is 0 Å². The Morgan fingerprint density at radius 2 is 1.74 bits per heavy atom. The number of likely N-dealkylation sites (tertiary alicyclic amines) is 1. The first kappa shape index (κ1) is 14.0. The summed E-state index contributed by atoms with van der Waals surface area (Å²) in [6.07, 6.45) is -2.73. The van der Waals surface area contributed by atoms with E-state index in [0.29, 0.717) is 25.9 Å². The zero-order valence-electron chi connectivity index (χ0n) is 10.5. The molecule has 1 aromatic carbocycles. The van der Waals surface area contributed by atoms with Gasteiger partial charge in [-0.1, -0.05) is 0 Å². The monoisotopic (exact) mass is 274 g/mol. The molecule has 0 spiro atoms. The quantitative estimate of drug-likeness (QED) is 0.832. The van der Waals surface area contributed by atoms with Crippen molar-refractivity contribution in [1.29, 1.82) is 0 Å². The lowest BCUT2D eigenvalue weighted by Crippen LogP contribution is -2.43. The fourth-order valence-electron chi connectivity index (χ4n) is 2.28. The molecule has 0 atom stereocenters. The van der Waals surface area contributed by atoms with Crippen molar-refractivity contribution >= 4 is 5.69 Å². The third-order valence-corrected chi connectivity index (χ3v) is 3.23. The third kappa shape index (κ3) is 4.63. The standard InChI is InChI=1S/C13H17F3N2O/c14-13(15,16)9-18-7-5-11(6-8-18)17-10-1-3-12(19)4-2-10/h1-4,11,17,19H,5-9H2. The number of rotatable bonds is 3. The maximum atomic E-state index is 12.2. The van der Waals surface area contributed by atoms with Crippen LogP contribution >= 0.6 is 0 Å². The maximum Gasteiger partial charge on any atom is 0.401 e. The average molecular weight is 274 g/mol. The molecule has 1 aliphatic heterocycles. The molecule has 1 saturated heterocycles. The first-order chi connectivity index (χ1) is 8.92. The van der Waals surface area contributed by atoms with Gasteiger partial charge in [-0.3, -0.25) is 4.90 Å². The van der Waals surface area contributed by atoms with Crippen LogP contribution < -0.4 is 5.32 Å². The topological polar surface area (TPSA) is 35.5 Å². The number of nitrogens with one attached hydrogen (secondary N) is 1. The van der Waals surface area contributed by atoms with Gasteiger partial charge in [0.1, 0.15) is 5.75 Å². The van der Waals surface area contributed by atoms with Crippen molar-refractivity contribution in [2.24, 2.45) is 0 Å². The summed E-state index contributed by atoms with van der Waals surface area (Å²) < 4.78 is 36.7. The van der Waals surface area contributed by atoms with E-state index < -0.39 is 12.7 Å². The fourth-order valence-corrected chi connectivity index (χ4v) is 2.28. The molecule has 0 aliphatic carbocycles. The number of phenols is 1. The van der Waals surface area contributed by atoms with Crippen molar-refractivity contribution in [2.75, 3.05) is 25.0 Å². The number of alkyl halides is 3. The Kier molecular flexibility index (Phi) is 4.19. The van der Waals surface area contributed by atoms with Crippen LogP contribution in [-0.2, 0) is 0 Å². The molecule has 19 heavy (non-hydrogen) atoms. The highest BCUT2D eigenvalue weighted by atomic mass is 19.4. The molecule has 2 rings (SSSR count). The van der Waals surface area contributed by atoms with Gasteiger partial charge >= 0.3 is 6.18 Å². The number of anilines is 1. The van der Waals surface area contributed by atoms with Gasteiger partial charge in [-0.25, -0.2) is 0 Å². The maximum absolute atomic E-state index is 12.2. The van der Waals surface area contributed by atoms with Crippen LogP contribution in [0.4, 0.5) is 18.9 Å². The average Bonchev–Trinajstić information content (AvgIpc) is 2.33. The molecular formula is C13H17F3N2O. The zero-order chi connectivity index (χ0) is 13.9. The van der Waals surface area contributed by atoms with Gasteiger partial charge in [0.05, 0.1) is 6.54 Å². The minimum absolute atomic E-state index is 0.189. The van der Waals surface area contributed by atoms with Gasteiger partial charge in [0, 0.05) is 24.8 Å². The second-order valence-corrected chi connectivity index (χ2v) is 4.86. The molecule has 0 unspecified atom stereocenters. The predicted octanol–water partition coefficient (Wildman–Crippen LogP) is 2.83. The van der Waals surface area contributed by atoms with Gasteiger partial charge in [-0.15, -0.1) is 0 Å². The fraction of sp³-hybridized carbons (Fsp3) is 0.538. The number of hydrogen-bond donors (Lipinski definition) is 2. The summed E-state index contributed by atoms with van der Waals surface area (Å²) in [7, 11) is 0. The number of phenolic OH excluding ortho intramolecular Hbond substituents is 1. The Morgan fingerprint density at radius 1 is 1.16 bits per heavy atom. The number of nitrogens with zero attached hydrogens (tertiary/aromatic N) is 1. The molecule has 2 N–H and O–H groups in total. The summed E-state index contributed by atoms with van der Waals surface area (Å²) >= 11 is 0. The second-order valence-electron chi connectivity index (χ2n) is 4.86. The van der Waals surface area contributed by atoms with Crippen LogP contribution in [-0.4, -0.2) is 41.9 Å². The Labute approximate surface area is 110 Å². The number of halogens is 3. The second kappa shape index (κ2) is 5.69. The van der Waals surface area contributed by atoms with E-state index in [9.17, 15) is 13.2 Å². The molecule has 0 saturated carbocycles. The normalized spacial score (nSPS) is 18.5. The Morgan fingerprint density at radius 3 is 2.26 bits per heavy atom. The van der Waals surface area contributed by atoms with Crippen molar-refractivity contribution < 1.29 is 18.3 Å². The van der Waals surface area contributed by atoms with Crippen molar-refractivity contribution in [2.45, 2.75) is 25.1 Å². The van der Waals surface area contributed by atoms with Gasteiger partial charge in [0.2, 0.25) is 0 Å². The van der Waals surface area contributed by atoms with E-state index >= 15 is 0 Å². The lowest BCUT2D eigenvalue weighted by molar-refractivity contribution is -0.147. The highest BCUT2D eigenvalue weighted by molar-refractivity contribution is 5.46. The lowest BCUT2D eigenvalue weighted by Gasteiger charge is -2.33. The van der Waals surface area contributed by atoms with Crippen molar-refractivity contribution in [3.63, 3.8) is 0 Å². The van der Waals surface area contributed by atoms with E-state index in [1.807, 2.05) is 0 Å². The summed E-state index contributed by atoms with van der Waals surface area (Å²) in [5.41, 5.74) is 0.882. The molecule has 0 radical (unpaired) electrons. The minimum atomic E-state index is -4.11. The highest BCUT2D eigenvalue weighted by Crippen LogP contribution is 2.22. The first-order valence-electron chi connectivity index (χ1n) is 6.27. The summed E-state index contributed by atoms with van der Waals surface area (Å²) in [6, 6.07) is 6.88. The molecule has 1 aromatic rings. The molecule has 3 nitrogen and oxygen atoms in total. The van der Waals surface area contributed by atoms with Gasteiger partial charge in [-0.05, 0) is 37.1 Å². The summed E-state index contributed by atoms with van der Waals surface area (Å²) in [4.78, 5) is 1.44. The van der Waals surface area contributed by atoms with Gasteiger partial charge in [0.15, 0.2) is 0 Å². The van der Waals surface area contributed by atoms with Crippen LogP contribution in [0, 0.1) is 0 Å². The van der Waals surface area contributed by atoms with E-state index in [1.165, 1.54) is 4.90 Å². The molecule has 0 bridgehead atoms. The highest BCUT2D eigenvalue weighted by Gasteiger charge is 2.32. The predicted molar refractivity (Wildman–Crippen MR) is 67.2 cm³/mol. The lowest BCUT2D eigenvalue weighted by atomic mass is 10.0. The van der Waals surface area contributed by atoms with Crippen LogP contribution in [0.15, 0.2) is 24.3 Å². The first-order valence-corrected chi connectivity index (χ1v) is 6.27. The molecular weight excluding hydrogens is 257 g/mol. The molecule has 1 fully saturated rings. The van der Waals surface area contributed by atoms with Crippen LogP contribution in [0.1, 0.15) is 12.8 Å². The largest absolute Gasteiger partial charge is 0.508 e. The van der Waals surface area contributed by atoms with Crippen LogP contribution in [0.25, 0.3) is 0 Å². The van der Waals surface area contributed by atoms with Gasteiger partial charge in [-0.2, -0.15) is 13.2 Å². The third-order valence-electron chi connectivity index (χ3n) is 3.23. The van der Waals surface area contributed by atoms with E-state index in [-0.39, 0.29) is 11.8 Å². The summed E-state index contributed by atoms with van der Waals surface area (Å²) in [5.74, 6) is 0.200. The molecule has 1 aliphatic rings. The Hall–Kier alpha value is -1.43. The van der Waals surface area contributed by atoms with Gasteiger partial charge < -0.3 is 10.4 Å². The molecule has 6 heteroatoms. The van der Waals surface area contributed by atoms with Crippen LogP contribution in [0.5, 0.6) is 5.75 Å². The van der Waals surface area contributed by atoms with E-state index in [4.69, 9.17) is 5.11 Å². The summed E-state index contributed by atoms with van der Waals surface area (Å²) in [5, 5.41) is 12.4. The Balaban J connectivity index is 1.79. The smallest absolute Gasteiger partial charge is 0.401 e. The molecule has 1 heterocycles. The summed E-state index contributed by atoms with van der Waals surface area (Å²) in [6.45, 7) is 0.0868.